The molecular formula is C17H20O6. The van der Waals surface area contributed by atoms with Crippen LogP contribution in [0.5, 0.6) is 0 Å². The lowest BCUT2D eigenvalue weighted by Crippen LogP contribution is -2.49. The van der Waals surface area contributed by atoms with Crippen molar-refractivity contribution in [1.29, 1.82) is 0 Å². The fourth-order valence-corrected chi connectivity index (χ4v) is 2.83. The van der Waals surface area contributed by atoms with E-state index in [-0.39, 0.29) is 6.61 Å². The highest BCUT2D eigenvalue weighted by Crippen LogP contribution is 2.43. The van der Waals surface area contributed by atoms with Crippen LogP contribution in [0, 0.1) is 0 Å². The second-order valence-corrected chi connectivity index (χ2v) is 6.11. The Morgan fingerprint density at radius 2 is 2.04 bits per heavy atom. The number of carbonyl (C=O) groups excluding carboxylic acids is 1. The summed E-state index contributed by atoms with van der Waals surface area (Å²) in [5.74, 6) is -1.34. The van der Waals surface area contributed by atoms with Crippen molar-refractivity contribution in [2.24, 2.45) is 0 Å². The third-order valence-electron chi connectivity index (χ3n) is 4.03. The van der Waals surface area contributed by atoms with Crippen LogP contribution in [0.3, 0.4) is 0 Å². The van der Waals surface area contributed by atoms with Crippen molar-refractivity contribution in [2.45, 2.75) is 43.7 Å². The molecule has 0 saturated carbocycles. The molecule has 4 atom stereocenters. The number of esters is 1. The van der Waals surface area contributed by atoms with E-state index in [2.05, 4.69) is 6.58 Å². The molecule has 6 nitrogen and oxygen atoms in total. The van der Waals surface area contributed by atoms with Gasteiger partial charge in [-0.3, -0.25) is 0 Å². The van der Waals surface area contributed by atoms with Gasteiger partial charge in [0.05, 0.1) is 5.56 Å². The van der Waals surface area contributed by atoms with Crippen molar-refractivity contribution >= 4 is 5.97 Å². The summed E-state index contributed by atoms with van der Waals surface area (Å²) in [6, 6.07) is 8.61. The molecule has 124 valence electrons. The van der Waals surface area contributed by atoms with Crippen LogP contribution in [0.1, 0.15) is 24.2 Å². The van der Waals surface area contributed by atoms with Crippen molar-refractivity contribution in [2.75, 3.05) is 6.61 Å². The molecule has 0 aromatic heterocycles. The summed E-state index contributed by atoms with van der Waals surface area (Å²) in [6.07, 6.45) is -0.897. The summed E-state index contributed by atoms with van der Waals surface area (Å²) in [6.45, 7) is 7.00. The summed E-state index contributed by atoms with van der Waals surface area (Å²) < 4.78 is 22.2. The molecule has 0 radical (unpaired) electrons. The Bertz CT molecular complexity index is 598. The summed E-state index contributed by atoms with van der Waals surface area (Å²) in [7, 11) is 0. The molecule has 1 aromatic rings. The van der Waals surface area contributed by atoms with Crippen LogP contribution in [-0.2, 0) is 18.9 Å². The molecule has 1 N–H and O–H groups in total. The van der Waals surface area contributed by atoms with Crippen LogP contribution in [0.25, 0.3) is 0 Å². The van der Waals surface area contributed by atoms with E-state index >= 15 is 0 Å². The van der Waals surface area contributed by atoms with Crippen molar-refractivity contribution in [3.8, 4) is 0 Å². The SMILES string of the molecule is C=C[C@@]1(O)[C@@H](COC(=O)c2ccccc2)O[C@@H]2OC(C)(C)O[C@@H]21. The molecule has 0 spiro atoms. The molecule has 0 unspecified atom stereocenters. The number of aliphatic hydroxyl groups is 1. The Labute approximate surface area is 134 Å². The van der Waals surface area contributed by atoms with Crippen LogP contribution in [-0.4, -0.2) is 47.6 Å². The van der Waals surface area contributed by atoms with Crippen LogP contribution >= 0.6 is 0 Å². The first-order valence-corrected chi connectivity index (χ1v) is 7.45. The molecule has 23 heavy (non-hydrogen) atoms. The maximum atomic E-state index is 12.0. The first kappa shape index (κ1) is 16.1. The van der Waals surface area contributed by atoms with E-state index in [0.717, 1.165) is 0 Å². The van der Waals surface area contributed by atoms with Gasteiger partial charge in [-0.05, 0) is 26.0 Å². The minimum absolute atomic E-state index is 0.129. The van der Waals surface area contributed by atoms with Crippen molar-refractivity contribution in [3.05, 3.63) is 48.6 Å². The Kier molecular flexibility index (Phi) is 4.01. The highest BCUT2D eigenvalue weighted by Gasteiger charge is 2.62. The monoisotopic (exact) mass is 320 g/mol. The van der Waals surface area contributed by atoms with Crippen LogP contribution < -0.4 is 0 Å². The number of carbonyl (C=O) groups is 1. The van der Waals surface area contributed by atoms with Crippen LogP contribution in [0.2, 0.25) is 0 Å². The molecular weight excluding hydrogens is 300 g/mol. The predicted molar refractivity (Wildman–Crippen MR) is 80.6 cm³/mol. The molecule has 0 amide bonds. The van der Waals surface area contributed by atoms with Gasteiger partial charge in [0.25, 0.3) is 0 Å². The van der Waals surface area contributed by atoms with E-state index in [9.17, 15) is 9.90 Å². The van der Waals surface area contributed by atoms with Gasteiger partial charge < -0.3 is 24.1 Å². The average Bonchev–Trinajstić information content (AvgIpc) is 2.97. The number of benzene rings is 1. The summed E-state index contributed by atoms with van der Waals surface area (Å²) in [4.78, 5) is 12.0. The molecule has 6 heteroatoms. The third kappa shape index (κ3) is 2.90. The van der Waals surface area contributed by atoms with Gasteiger partial charge in [-0.25, -0.2) is 4.79 Å². The average molecular weight is 320 g/mol. The summed E-state index contributed by atoms with van der Waals surface area (Å²) in [5, 5.41) is 10.8. The highest BCUT2D eigenvalue weighted by atomic mass is 16.8. The fraction of sp³-hybridized carbons (Fsp3) is 0.471. The highest BCUT2D eigenvalue weighted by molar-refractivity contribution is 5.89. The van der Waals surface area contributed by atoms with Gasteiger partial charge in [-0.2, -0.15) is 0 Å². The summed E-state index contributed by atoms with van der Waals surface area (Å²) >= 11 is 0. The fourth-order valence-electron chi connectivity index (χ4n) is 2.83. The molecule has 2 fully saturated rings. The van der Waals surface area contributed by atoms with E-state index in [1.807, 2.05) is 6.07 Å². The lowest BCUT2D eigenvalue weighted by atomic mass is 9.93. The first-order valence-electron chi connectivity index (χ1n) is 7.45. The number of ether oxygens (including phenoxy) is 4. The number of hydrogen-bond acceptors (Lipinski definition) is 6. The van der Waals surface area contributed by atoms with Crippen molar-refractivity contribution < 1.29 is 28.8 Å². The zero-order chi connectivity index (χ0) is 16.7. The minimum Gasteiger partial charge on any atom is -0.459 e. The maximum absolute atomic E-state index is 12.0. The predicted octanol–water partition coefficient (Wildman–Crippen LogP) is 1.64. The van der Waals surface area contributed by atoms with Gasteiger partial charge in [-0.15, -0.1) is 6.58 Å². The van der Waals surface area contributed by atoms with Gasteiger partial charge in [0.1, 0.15) is 24.4 Å². The smallest absolute Gasteiger partial charge is 0.338 e. The Balaban J connectivity index is 1.67. The van der Waals surface area contributed by atoms with E-state index in [0.29, 0.717) is 5.56 Å². The number of rotatable bonds is 4. The van der Waals surface area contributed by atoms with E-state index < -0.39 is 35.9 Å². The lowest BCUT2D eigenvalue weighted by Gasteiger charge is -2.30. The number of hydrogen-bond donors (Lipinski definition) is 1. The molecule has 2 aliphatic heterocycles. The van der Waals surface area contributed by atoms with Gasteiger partial charge in [-0.1, -0.05) is 24.3 Å². The second kappa shape index (κ2) is 5.72. The molecule has 0 bridgehead atoms. The van der Waals surface area contributed by atoms with Crippen molar-refractivity contribution in [3.63, 3.8) is 0 Å². The maximum Gasteiger partial charge on any atom is 0.338 e. The Morgan fingerprint density at radius 3 is 2.70 bits per heavy atom. The second-order valence-electron chi connectivity index (χ2n) is 6.11. The lowest BCUT2D eigenvalue weighted by molar-refractivity contribution is -0.227. The Morgan fingerprint density at radius 1 is 1.35 bits per heavy atom. The van der Waals surface area contributed by atoms with Crippen molar-refractivity contribution in [1.82, 2.24) is 0 Å². The van der Waals surface area contributed by atoms with E-state index in [1.165, 1.54) is 6.08 Å². The normalized spacial score (nSPS) is 34.8. The van der Waals surface area contributed by atoms with E-state index in [4.69, 9.17) is 18.9 Å². The standard InChI is InChI=1S/C17H20O6/c1-4-17(19)12(21-15-13(17)22-16(2,3)23-15)10-20-14(18)11-8-6-5-7-9-11/h4-9,12-13,15,19H,1,10H2,2-3H3/t12-,13+,15-,17-/m1/s1. The summed E-state index contributed by atoms with van der Waals surface area (Å²) in [5.41, 5.74) is -1.06. The quantitative estimate of drug-likeness (QED) is 0.671. The number of fused-ring (bicyclic) bond motifs is 1. The third-order valence-corrected chi connectivity index (χ3v) is 4.03. The molecule has 3 rings (SSSR count). The van der Waals surface area contributed by atoms with Gasteiger partial charge in [0.2, 0.25) is 0 Å². The van der Waals surface area contributed by atoms with E-state index in [1.54, 1.807) is 38.1 Å². The zero-order valence-corrected chi connectivity index (χ0v) is 13.1. The van der Waals surface area contributed by atoms with Crippen LogP contribution in [0.4, 0.5) is 0 Å². The minimum atomic E-state index is -1.49. The largest absolute Gasteiger partial charge is 0.459 e. The van der Waals surface area contributed by atoms with Gasteiger partial charge >= 0.3 is 5.97 Å². The van der Waals surface area contributed by atoms with Gasteiger partial charge in [0, 0.05) is 0 Å². The first-order chi connectivity index (χ1) is 10.9. The molecule has 2 heterocycles. The molecule has 0 aliphatic carbocycles. The Hall–Kier alpha value is -1.73. The molecule has 1 aromatic carbocycles. The van der Waals surface area contributed by atoms with Crippen LogP contribution in [0.15, 0.2) is 43.0 Å². The molecule has 2 aliphatic rings. The molecule has 2 saturated heterocycles. The topological polar surface area (TPSA) is 74.2 Å². The zero-order valence-electron chi connectivity index (χ0n) is 13.1. The van der Waals surface area contributed by atoms with Gasteiger partial charge in [0.15, 0.2) is 12.1 Å².